The van der Waals surface area contributed by atoms with Crippen LogP contribution in [0.3, 0.4) is 0 Å². The highest BCUT2D eigenvalue weighted by molar-refractivity contribution is 7.87. The lowest BCUT2D eigenvalue weighted by atomic mass is 10.1. The molecule has 8 rings (SSSR count). The number of methoxy groups -OCH3 is 1. The van der Waals surface area contributed by atoms with Gasteiger partial charge in [0.1, 0.15) is 70.0 Å². The predicted molar refractivity (Wildman–Crippen MR) is 272 cm³/mol. The molecule has 0 aliphatic rings. The summed E-state index contributed by atoms with van der Waals surface area (Å²) in [7, 11) is -25.0. The maximum absolute atomic E-state index is 13.0. The van der Waals surface area contributed by atoms with Crippen LogP contribution in [0.2, 0.25) is 0 Å². The van der Waals surface area contributed by atoms with E-state index in [2.05, 4.69) is 40.9 Å². The van der Waals surface area contributed by atoms with E-state index in [0.717, 1.165) is 60.7 Å². The fraction of sp³-hybridized carbons (Fsp3) is 0.0455. The van der Waals surface area contributed by atoms with Gasteiger partial charge >= 0.3 is 0 Å². The SMILES string of the molecule is COc1ccc(N=Nc2c(S(=O)(=O)O)cc3c(S(=O)(=O)O)c(N=Nc4cc(S(=O)(=O)O)c5ccc(N=Nc6ccc7c(O)c(N=Nc8ccc(CO)cc8S(=O)(=O)O)ccc7c6S(=O)(=O)O)c(O)c5c4N)ccc3c2O)cc1. The average Bonchev–Trinajstić information content (AvgIpc) is 3.56. The number of ether oxygens (including phenoxy) is 1. The maximum Gasteiger partial charge on any atom is 0.297 e. The van der Waals surface area contributed by atoms with Crippen LogP contribution in [0.5, 0.6) is 23.0 Å². The van der Waals surface area contributed by atoms with E-state index in [1.807, 2.05) is 0 Å². The Bertz CT molecular complexity index is 4600. The molecule has 11 N–H and O–H groups in total. The van der Waals surface area contributed by atoms with E-state index in [1.54, 1.807) is 0 Å². The number of aromatic hydroxyl groups is 3. The molecule has 0 atom stereocenters. The van der Waals surface area contributed by atoms with Crippen molar-refractivity contribution in [3.63, 3.8) is 0 Å². The van der Waals surface area contributed by atoms with E-state index >= 15 is 0 Å². The van der Waals surface area contributed by atoms with Gasteiger partial charge in [-0.15, -0.1) is 35.8 Å². The molecule has 29 nitrogen and oxygen atoms in total. The fourth-order valence-electron chi connectivity index (χ4n) is 7.66. The Morgan fingerprint density at radius 3 is 1.42 bits per heavy atom. The number of aliphatic hydroxyl groups excluding tert-OH is 1. The summed E-state index contributed by atoms with van der Waals surface area (Å²) >= 11 is 0. The molecule has 404 valence electrons. The largest absolute Gasteiger partial charge is 0.505 e. The molecule has 0 spiro atoms. The molecule has 0 aliphatic heterocycles. The molecule has 0 bridgehead atoms. The first-order valence-electron chi connectivity index (χ1n) is 21.0. The zero-order valence-electron chi connectivity index (χ0n) is 38.7. The van der Waals surface area contributed by atoms with Gasteiger partial charge in [-0.25, -0.2) is 0 Å². The predicted octanol–water partition coefficient (Wildman–Crippen LogP) is 9.24. The van der Waals surface area contributed by atoms with Crippen molar-refractivity contribution in [3.05, 3.63) is 109 Å². The minimum Gasteiger partial charge on any atom is -0.505 e. The minimum absolute atomic E-state index is 0.0943. The van der Waals surface area contributed by atoms with Crippen LogP contribution < -0.4 is 10.5 Å². The number of anilines is 1. The first kappa shape index (κ1) is 55.7. The molecule has 0 aliphatic carbocycles. The number of rotatable bonds is 15. The number of azo groups is 4. The molecule has 0 aromatic heterocycles. The summed E-state index contributed by atoms with van der Waals surface area (Å²) in [5.74, 6) is -2.41. The lowest BCUT2D eigenvalue weighted by molar-refractivity contribution is 0.281. The first-order valence-corrected chi connectivity index (χ1v) is 28.2. The molecule has 8 aromatic carbocycles. The zero-order valence-corrected chi connectivity index (χ0v) is 42.8. The number of hydrogen-bond acceptors (Lipinski definition) is 24. The molecule has 0 unspecified atom stereocenters. The van der Waals surface area contributed by atoms with Gasteiger partial charge in [0.15, 0.2) is 17.2 Å². The average molecular weight is 1170 g/mol. The van der Waals surface area contributed by atoms with Crippen LogP contribution in [-0.4, -0.2) is 92.4 Å². The van der Waals surface area contributed by atoms with Gasteiger partial charge in [0.05, 0.1) is 30.5 Å². The molecule has 0 saturated heterocycles. The third-order valence-electron chi connectivity index (χ3n) is 11.2. The Hall–Kier alpha value is -8.55. The molecule has 34 heteroatoms. The zero-order chi connectivity index (χ0) is 57.0. The van der Waals surface area contributed by atoms with Crippen molar-refractivity contribution >= 4 is 134 Å². The number of phenols is 3. The standard InChI is InChI=1S/C44H33N9O20S5/c1-73-22-5-3-21(4-6-22)46-53-39-36(76(64,65)66)17-27-24(41(39)56)8-15-32(44(27)78(70,71)72)51-52-33-18-34(74(58,59)60)26-10-13-30(42(57)37(26)38(33)45)49-50-31-14-7-23-25(43(31)77(67,68)69)9-12-29(40(23)55)48-47-28-11-2-20(19-54)16-35(28)75(61,62)63/h2-18,54-57H,19,45H2,1H3,(H,58,59,60)(H,61,62,63)(H,64,65,66)(H,67,68,69)(H,70,71,72). The normalized spacial score (nSPS) is 13.1. The van der Waals surface area contributed by atoms with Crippen molar-refractivity contribution < 1.29 is 90.0 Å². The van der Waals surface area contributed by atoms with Gasteiger partial charge in [0, 0.05) is 26.9 Å². The molecule has 0 heterocycles. The van der Waals surface area contributed by atoms with Crippen LogP contribution in [0.25, 0.3) is 32.3 Å². The van der Waals surface area contributed by atoms with Crippen molar-refractivity contribution in [2.45, 2.75) is 31.1 Å². The van der Waals surface area contributed by atoms with E-state index in [9.17, 15) is 85.3 Å². The van der Waals surface area contributed by atoms with Crippen molar-refractivity contribution in [1.29, 1.82) is 0 Å². The summed E-state index contributed by atoms with van der Waals surface area (Å²) in [4.78, 5) is -5.14. The summed E-state index contributed by atoms with van der Waals surface area (Å²) in [6.45, 7) is -0.592. The highest BCUT2D eigenvalue weighted by Crippen LogP contribution is 2.49. The summed E-state index contributed by atoms with van der Waals surface area (Å²) < 4.78 is 182. The molecule has 0 saturated carbocycles. The Balaban J connectivity index is 1.21. The van der Waals surface area contributed by atoms with Gasteiger partial charge in [-0.3, -0.25) is 22.8 Å². The molecule has 78 heavy (non-hydrogen) atoms. The fourth-order valence-corrected chi connectivity index (χ4v) is 11.3. The number of aliphatic hydroxyl groups is 1. The number of nitrogens with two attached hydrogens (primary N) is 1. The van der Waals surface area contributed by atoms with Gasteiger partial charge in [-0.1, -0.05) is 18.2 Å². The van der Waals surface area contributed by atoms with Crippen LogP contribution in [0, 0.1) is 0 Å². The number of nitrogen functional groups attached to an aromatic ring is 1. The summed E-state index contributed by atoms with van der Waals surface area (Å²) in [5, 5.41) is 70.6. The third kappa shape index (κ3) is 11.0. The number of nitrogens with zero attached hydrogens (tertiary/aromatic N) is 8. The second kappa shape index (κ2) is 20.4. The molecule has 0 amide bonds. The van der Waals surface area contributed by atoms with Gasteiger partial charge in [0.2, 0.25) is 0 Å². The van der Waals surface area contributed by atoms with Crippen LogP contribution in [0.1, 0.15) is 5.56 Å². The van der Waals surface area contributed by atoms with Gasteiger partial charge in [0.25, 0.3) is 50.6 Å². The van der Waals surface area contributed by atoms with E-state index in [1.165, 1.54) is 37.4 Å². The van der Waals surface area contributed by atoms with E-state index < -0.39 is 166 Å². The molecule has 0 radical (unpaired) electrons. The van der Waals surface area contributed by atoms with Crippen molar-refractivity contribution in [2.24, 2.45) is 40.9 Å². The summed E-state index contributed by atoms with van der Waals surface area (Å²) in [5.41, 5.74) is 1.43. The van der Waals surface area contributed by atoms with E-state index in [-0.39, 0.29) is 22.3 Å². The molecule has 8 aromatic rings. The summed E-state index contributed by atoms with van der Waals surface area (Å²) in [6, 6.07) is 18.0. The van der Waals surface area contributed by atoms with Crippen LogP contribution >= 0.6 is 0 Å². The lowest BCUT2D eigenvalue weighted by Gasteiger charge is -2.13. The Morgan fingerprint density at radius 2 is 0.885 bits per heavy atom. The highest BCUT2D eigenvalue weighted by atomic mass is 32.2. The van der Waals surface area contributed by atoms with Gasteiger partial charge < -0.3 is 30.9 Å². The van der Waals surface area contributed by atoms with Crippen LogP contribution in [0.15, 0.2) is 169 Å². The number of hydrogen-bond donors (Lipinski definition) is 10. The smallest absolute Gasteiger partial charge is 0.297 e. The second-order valence-corrected chi connectivity index (χ2v) is 22.9. The quantitative estimate of drug-likeness (QED) is 0.0259. The number of phenolic OH excluding ortho intramolecular Hbond substituents is 3. The van der Waals surface area contributed by atoms with Crippen molar-refractivity contribution in [3.8, 4) is 23.0 Å². The van der Waals surface area contributed by atoms with Crippen LogP contribution in [0.4, 0.5) is 51.2 Å². The van der Waals surface area contributed by atoms with Crippen molar-refractivity contribution in [1.82, 2.24) is 0 Å². The third-order valence-corrected chi connectivity index (χ3v) is 15.7. The topological polar surface area (TPSA) is 487 Å². The molecule has 0 fully saturated rings. The van der Waals surface area contributed by atoms with E-state index in [0.29, 0.717) is 17.9 Å². The maximum atomic E-state index is 13.0. The first-order chi connectivity index (χ1) is 36.4. The highest BCUT2D eigenvalue weighted by Gasteiger charge is 2.29. The van der Waals surface area contributed by atoms with Crippen LogP contribution in [-0.2, 0) is 57.2 Å². The second-order valence-electron chi connectivity index (χ2n) is 16.0. The minimum atomic E-state index is -5.52. The Kier molecular flexibility index (Phi) is 14.6. The van der Waals surface area contributed by atoms with Gasteiger partial charge in [-0.05, 0) is 90.5 Å². The van der Waals surface area contributed by atoms with Crippen molar-refractivity contribution in [2.75, 3.05) is 12.8 Å². The summed E-state index contributed by atoms with van der Waals surface area (Å²) in [6.07, 6.45) is 0. The molecular formula is C44H33N9O20S5. The lowest BCUT2D eigenvalue weighted by Crippen LogP contribution is -2.03. The Labute approximate surface area is 438 Å². The number of benzene rings is 8. The van der Waals surface area contributed by atoms with Gasteiger partial charge in [-0.2, -0.15) is 47.2 Å². The molecular weight excluding hydrogens is 1130 g/mol. The monoisotopic (exact) mass is 1170 g/mol. The Morgan fingerprint density at radius 1 is 0.423 bits per heavy atom. The van der Waals surface area contributed by atoms with E-state index in [4.69, 9.17) is 10.5 Å². The number of fused-ring (bicyclic) bond motifs is 3.